The molecule has 0 spiro atoms. The molecule has 2 aromatic rings. The van der Waals surface area contributed by atoms with Gasteiger partial charge in [-0.1, -0.05) is 12.1 Å². The van der Waals surface area contributed by atoms with Crippen LogP contribution in [0.4, 0.5) is 0 Å². The first-order valence-corrected chi connectivity index (χ1v) is 12.0. The SMILES string of the molecule is CCOc1cc2c(cc1OC)C(c1ccc(C(=O)N[C@@H](C)COC)cc1)=N[C@@H]1CCN(C)C[C@H]21.Cl. The Bertz CT molecular complexity index is 1060. The van der Waals surface area contributed by atoms with E-state index in [0.29, 0.717) is 30.4 Å². The number of carbonyl (C=O) groups excluding carboxylic acids is 1. The van der Waals surface area contributed by atoms with Crippen molar-refractivity contribution in [2.75, 3.05) is 47.6 Å². The molecule has 2 aliphatic heterocycles. The van der Waals surface area contributed by atoms with Crippen LogP contribution in [-0.2, 0) is 4.74 Å². The summed E-state index contributed by atoms with van der Waals surface area (Å²) in [4.78, 5) is 20.2. The number of carbonyl (C=O) groups is 1. The van der Waals surface area contributed by atoms with Crippen LogP contribution in [0, 0.1) is 0 Å². The third kappa shape index (κ3) is 5.80. The van der Waals surface area contributed by atoms with E-state index >= 15 is 0 Å². The maximum atomic E-state index is 12.6. The molecule has 190 valence electrons. The van der Waals surface area contributed by atoms with Crippen molar-refractivity contribution in [2.45, 2.75) is 38.3 Å². The predicted octanol–water partition coefficient (Wildman–Crippen LogP) is 3.92. The number of likely N-dealkylation sites (tertiary alicyclic amines) is 1. The average molecular weight is 502 g/mol. The lowest BCUT2D eigenvalue weighted by atomic mass is 9.79. The highest BCUT2D eigenvalue weighted by Crippen LogP contribution is 2.42. The summed E-state index contributed by atoms with van der Waals surface area (Å²) >= 11 is 0. The van der Waals surface area contributed by atoms with Gasteiger partial charge < -0.3 is 24.4 Å². The maximum Gasteiger partial charge on any atom is 0.251 e. The van der Waals surface area contributed by atoms with Gasteiger partial charge in [-0.2, -0.15) is 0 Å². The highest BCUT2D eigenvalue weighted by molar-refractivity contribution is 6.15. The van der Waals surface area contributed by atoms with Gasteiger partial charge in [0.15, 0.2) is 11.5 Å². The van der Waals surface area contributed by atoms with Crippen molar-refractivity contribution in [1.29, 1.82) is 0 Å². The van der Waals surface area contributed by atoms with E-state index in [1.54, 1.807) is 14.2 Å². The van der Waals surface area contributed by atoms with E-state index in [4.69, 9.17) is 19.2 Å². The molecule has 1 N–H and O–H groups in total. The van der Waals surface area contributed by atoms with Crippen LogP contribution in [0.15, 0.2) is 41.4 Å². The van der Waals surface area contributed by atoms with Crippen molar-refractivity contribution in [3.8, 4) is 11.5 Å². The number of benzene rings is 2. The van der Waals surface area contributed by atoms with Crippen molar-refractivity contribution in [2.24, 2.45) is 4.99 Å². The molecular weight excluding hydrogens is 466 g/mol. The number of amides is 1. The Kier molecular flexibility index (Phi) is 9.16. The zero-order valence-corrected chi connectivity index (χ0v) is 22.0. The zero-order chi connectivity index (χ0) is 24.2. The molecule has 1 saturated heterocycles. The minimum Gasteiger partial charge on any atom is -0.493 e. The molecule has 0 saturated carbocycles. The van der Waals surface area contributed by atoms with Crippen LogP contribution in [0.2, 0.25) is 0 Å². The Hall–Kier alpha value is -2.61. The molecule has 0 aliphatic carbocycles. The molecule has 4 rings (SSSR count). The fourth-order valence-electron chi connectivity index (χ4n) is 4.92. The largest absolute Gasteiger partial charge is 0.493 e. The standard InChI is InChI=1S/C27H35N3O4.ClH/c1-6-34-25-13-20-21(14-24(25)33-5)26(29-23-11-12-30(3)15-22(20)23)18-7-9-19(10-8-18)27(31)28-17(2)16-32-4;/h7-10,13-14,17,22-23H,6,11-12,15-16H2,1-5H3,(H,28,31);1H/t17-,22+,23+;/m0./s1. The molecule has 2 aliphatic rings. The number of aliphatic imine (C=N–C) groups is 1. The number of rotatable bonds is 8. The van der Waals surface area contributed by atoms with Gasteiger partial charge in [-0.25, -0.2) is 0 Å². The molecule has 0 aromatic heterocycles. The van der Waals surface area contributed by atoms with Crippen LogP contribution in [0.1, 0.15) is 53.2 Å². The summed E-state index contributed by atoms with van der Waals surface area (Å²) in [5, 5.41) is 2.96. The van der Waals surface area contributed by atoms with Crippen LogP contribution in [0.3, 0.4) is 0 Å². The summed E-state index contributed by atoms with van der Waals surface area (Å²) in [6.45, 7) is 6.95. The van der Waals surface area contributed by atoms with Crippen molar-refractivity contribution in [3.63, 3.8) is 0 Å². The van der Waals surface area contributed by atoms with E-state index in [0.717, 1.165) is 42.1 Å². The molecule has 1 fully saturated rings. The monoisotopic (exact) mass is 501 g/mol. The fraction of sp³-hybridized carbons (Fsp3) is 0.481. The Morgan fingerprint density at radius 3 is 2.60 bits per heavy atom. The lowest BCUT2D eigenvalue weighted by Crippen LogP contribution is -2.41. The quantitative estimate of drug-likeness (QED) is 0.593. The lowest BCUT2D eigenvalue weighted by Gasteiger charge is -2.39. The van der Waals surface area contributed by atoms with E-state index in [9.17, 15) is 4.79 Å². The number of fused-ring (bicyclic) bond motifs is 3. The van der Waals surface area contributed by atoms with Crippen molar-refractivity contribution in [3.05, 3.63) is 58.7 Å². The fourth-order valence-corrected chi connectivity index (χ4v) is 4.92. The summed E-state index contributed by atoms with van der Waals surface area (Å²) in [5.41, 5.74) is 4.88. The number of nitrogens with one attached hydrogen (secondary N) is 1. The first-order chi connectivity index (χ1) is 16.4. The van der Waals surface area contributed by atoms with Crippen molar-refractivity contribution >= 4 is 24.0 Å². The van der Waals surface area contributed by atoms with Gasteiger partial charge in [0.05, 0.1) is 32.1 Å². The van der Waals surface area contributed by atoms with Gasteiger partial charge in [0.1, 0.15) is 0 Å². The molecule has 8 heteroatoms. The van der Waals surface area contributed by atoms with Crippen LogP contribution in [0.5, 0.6) is 11.5 Å². The molecule has 35 heavy (non-hydrogen) atoms. The van der Waals surface area contributed by atoms with Crippen LogP contribution < -0.4 is 14.8 Å². The molecule has 0 radical (unpaired) electrons. The normalized spacial score (nSPS) is 20.0. The molecular formula is C27H36ClN3O4. The highest BCUT2D eigenvalue weighted by Gasteiger charge is 2.36. The van der Waals surface area contributed by atoms with Crippen LogP contribution >= 0.6 is 12.4 Å². The first-order valence-electron chi connectivity index (χ1n) is 12.0. The van der Waals surface area contributed by atoms with Gasteiger partial charge in [0, 0.05) is 42.3 Å². The summed E-state index contributed by atoms with van der Waals surface area (Å²) in [6, 6.07) is 12.0. The Morgan fingerprint density at radius 1 is 1.20 bits per heavy atom. The number of piperidine rings is 1. The van der Waals surface area contributed by atoms with Crippen molar-refractivity contribution < 1.29 is 19.0 Å². The Morgan fingerprint density at radius 2 is 1.94 bits per heavy atom. The average Bonchev–Trinajstić information content (AvgIpc) is 2.83. The minimum absolute atomic E-state index is 0. The number of methoxy groups -OCH3 is 2. The number of hydrogen-bond acceptors (Lipinski definition) is 6. The molecule has 3 atom stereocenters. The number of likely N-dealkylation sites (N-methyl/N-ethyl adjacent to an activating group) is 1. The maximum absolute atomic E-state index is 12.6. The summed E-state index contributed by atoms with van der Waals surface area (Å²) in [7, 11) is 5.46. The van der Waals surface area contributed by atoms with E-state index in [1.807, 2.05) is 38.1 Å². The van der Waals surface area contributed by atoms with Crippen molar-refractivity contribution in [1.82, 2.24) is 10.2 Å². The van der Waals surface area contributed by atoms with Gasteiger partial charge in [0.2, 0.25) is 0 Å². The summed E-state index contributed by atoms with van der Waals surface area (Å²) in [6.07, 6.45) is 1.01. The zero-order valence-electron chi connectivity index (χ0n) is 21.2. The second kappa shape index (κ2) is 11.9. The van der Waals surface area contributed by atoms with Gasteiger partial charge in [-0.3, -0.25) is 9.79 Å². The Labute approximate surface area is 214 Å². The molecule has 2 aromatic carbocycles. The summed E-state index contributed by atoms with van der Waals surface area (Å²) in [5.74, 6) is 1.68. The van der Waals surface area contributed by atoms with Gasteiger partial charge in [0.25, 0.3) is 5.91 Å². The van der Waals surface area contributed by atoms with Gasteiger partial charge in [-0.05, 0) is 63.7 Å². The number of ether oxygens (including phenoxy) is 3. The van der Waals surface area contributed by atoms with E-state index in [-0.39, 0.29) is 30.4 Å². The minimum atomic E-state index is -0.111. The van der Waals surface area contributed by atoms with Gasteiger partial charge >= 0.3 is 0 Å². The predicted molar refractivity (Wildman–Crippen MR) is 141 cm³/mol. The lowest BCUT2D eigenvalue weighted by molar-refractivity contribution is 0.0905. The molecule has 0 bridgehead atoms. The third-order valence-corrected chi connectivity index (χ3v) is 6.58. The first kappa shape index (κ1) is 27.0. The van der Waals surface area contributed by atoms with Crippen LogP contribution in [0.25, 0.3) is 0 Å². The molecule has 7 nitrogen and oxygen atoms in total. The highest BCUT2D eigenvalue weighted by atomic mass is 35.5. The number of hydrogen-bond donors (Lipinski definition) is 1. The molecule has 1 amide bonds. The van der Waals surface area contributed by atoms with E-state index in [1.165, 1.54) is 5.56 Å². The second-order valence-corrected chi connectivity index (χ2v) is 9.13. The molecule has 0 unspecified atom stereocenters. The second-order valence-electron chi connectivity index (χ2n) is 9.13. The number of halogens is 1. The topological polar surface area (TPSA) is 72.4 Å². The third-order valence-electron chi connectivity index (χ3n) is 6.58. The number of nitrogens with zero attached hydrogens (tertiary/aromatic N) is 2. The van der Waals surface area contributed by atoms with Crippen LogP contribution in [-0.4, -0.2) is 76.2 Å². The van der Waals surface area contributed by atoms with Gasteiger partial charge in [-0.15, -0.1) is 12.4 Å². The Balaban J connectivity index is 0.00000342. The van der Waals surface area contributed by atoms with E-state index in [2.05, 4.69) is 29.4 Å². The molecule has 2 heterocycles. The van der Waals surface area contributed by atoms with E-state index < -0.39 is 0 Å². The summed E-state index contributed by atoms with van der Waals surface area (Å²) < 4.78 is 16.7. The smallest absolute Gasteiger partial charge is 0.251 e.